The second-order valence-electron chi connectivity index (χ2n) is 9.65. The Hall–Kier alpha value is -4.00. The van der Waals surface area contributed by atoms with Crippen LogP contribution in [0.2, 0.25) is 0 Å². The van der Waals surface area contributed by atoms with Crippen molar-refractivity contribution in [1.82, 2.24) is 9.97 Å². The fourth-order valence-electron chi connectivity index (χ4n) is 4.69. The number of hydrogen-bond donors (Lipinski definition) is 2. The fraction of sp³-hybridized carbons (Fsp3) is 0.267. The van der Waals surface area contributed by atoms with E-state index in [0.717, 1.165) is 27.8 Å². The highest BCUT2D eigenvalue weighted by molar-refractivity contribution is 6.04. The number of aromatic nitrogens is 2. The maximum Gasteiger partial charge on any atom is 0.276 e. The molecule has 1 saturated carbocycles. The van der Waals surface area contributed by atoms with Gasteiger partial charge in [0.05, 0.1) is 7.11 Å². The van der Waals surface area contributed by atoms with E-state index in [0.29, 0.717) is 35.8 Å². The van der Waals surface area contributed by atoms with Gasteiger partial charge in [0, 0.05) is 28.4 Å². The molecular weight excluding hydrogens is 472 g/mol. The SMILES string of the molecule is COc1cc(-c2nc(C(=O)Nc3cccc(C(F)(F)C4CC4)c3)c(C)[nH]2)c(C)c(-c2ccccc2C)c1. The number of alkyl halides is 2. The summed E-state index contributed by atoms with van der Waals surface area (Å²) in [4.78, 5) is 21.0. The third-order valence-corrected chi connectivity index (χ3v) is 7.00. The summed E-state index contributed by atoms with van der Waals surface area (Å²) in [5.41, 5.74) is 6.05. The van der Waals surface area contributed by atoms with Crippen LogP contribution < -0.4 is 10.1 Å². The number of aromatic amines is 1. The minimum atomic E-state index is -2.89. The molecule has 0 aliphatic heterocycles. The van der Waals surface area contributed by atoms with Crippen LogP contribution in [0, 0.1) is 26.7 Å². The zero-order chi connectivity index (χ0) is 26.3. The van der Waals surface area contributed by atoms with E-state index in [1.807, 2.05) is 31.2 Å². The lowest BCUT2D eigenvalue weighted by Gasteiger charge is -2.17. The molecule has 1 amide bonds. The number of rotatable bonds is 7. The molecule has 190 valence electrons. The molecule has 1 aliphatic rings. The van der Waals surface area contributed by atoms with Gasteiger partial charge in [0.2, 0.25) is 0 Å². The standard InChI is InChI=1S/C30H29F2N3O2/c1-17-8-5-6-11-24(17)25-15-23(37-4)16-26(18(25)2)28-33-19(3)27(35-28)29(36)34-22-10-7-9-21(14-22)30(31,32)20-12-13-20/h5-11,14-16,20H,12-13H2,1-4H3,(H,33,35)(H,34,36). The Labute approximate surface area is 214 Å². The molecule has 4 aromatic rings. The number of amides is 1. The third kappa shape index (κ3) is 4.73. The first-order valence-electron chi connectivity index (χ1n) is 12.3. The lowest BCUT2D eigenvalue weighted by Crippen LogP contribution is -2.18. The van der Waals surface area contributed by atoms with Crippen molar-refractivity contribution in [3.63, 3.8) is 0 Å². The molecule has 1 aliphatic carbocycles. The summed E-state index contributed by atoms with van der Waals surface area (Å²) in [7, 11) is 1.61. The first-order chi connectivity index (χ1) is 17.7. The van der Waals surface area contributed by atoms with Crippen LogP contribution in [0.1, 0.15) is 45.7 Å². The van der Waals surface area contributed by atoms with Crippen LogP contribution in [0.5, 0.6) is 5.75 Å². The normalized spacial score (nSPS) is 13.5. The van der Waals surface area contributed by atoms with Crippen molar-refractivity contribution in [2.24, 2.45) is 5.92 Å². The maximum atomic E-state index is 14.6. The van der Waals surface area contributed by atoms with E-state index in [1.54, 1.807) is 20.1 Å². The number of anilines is 1. The zero-order valence-electron chi connectivity index (χ0n) is 21.3. The topological polar surface area (TPSA) is 67.0 Å². The van der Waals surface area contributed by atoms with Crippen LogP contribution in [0.4, 0.5) is 14.5 Å². The van der Waals surface area contributed by atoms with E-state index in [1.165, 1.54) is 18.2 Å². The summed E-state index contributed by atoms with van der Waals surface area (Å²) < 4.78 is 34.7. The van der Waals surface area contributed by atoms with Crippen LogP contribution >= 0.6 is 0 Å². The molecule has 0 unspecified atom stereocenters. The highest BCUT2D eigenvalue weighted by Gasteiger charge is 2.47. The van der Waals surface area contributed by atoms with Gasteiger partial charge in [0.15, 0.2) is 0 Å². The van der Waals surface area contributed by atoms with Crippen LogP contribution in [0.3, 0.4) is 0 Å². The van der Waals surface area contributed by atoms with E-state index in [2.05, 4.69) is 34.3 Å². The number of imidazole rings is 1. The van der Waals surface area contributed by atoms with Crippen LogP contribution in [-0.4, -0.2) is 23.0 Å². The number of H-pyrrole nitrogens is 1. The minimum absolute atomic E-state index is 0.0806. The number of hydrogen-bond acceptors (Lipinski definition) is 3. The summed E-state index contributed by atoms with van der Waals surface area (Å²) in [6.07, 6.45) is 1.04. The van der Waals surface area contributed by atoms with Gasteiger partial charge in [-0.05, 0) is 80.1 Å². The van der Waals surface area contributed by atoms with Gasteiger partial charge in [-0.25, -0.2) is 13.8 Å². The molecule has 0 atom stereocenters. The van der Waals surface area contributed by atoms with E-state index < -0.39 is 17.7 Å². The molecular formula is C30H29F2N3O2. The van der Waals surface area contributed by atoms with Gasteiger partial charge in [-0.2, -0.15) is 0 Å². The number of benzene rings is 3. The number of nitrogens with zero attached hydrogens (tertiary/aromatic N) is 1. The molecule has 1 aromatic heterocycles. The van der Waals surface area contributed by atoms with Gasteiger partial charge in [-0.15, -0.1) is 0 Å². The van der Waals surface area contributed by atoms with E-state index in [9.17, 15) is 13.6 Å². The second-order valence-corrected chi connectivity index (χ2v) is 9.65. The second kappa shape index (κ2) is 9.47. The molecule has 1 fully saturated rings. The largest absolute Gasteiger partial charge is 0.497 e. The minimum Gasteiger partial charge on any atom is -0.497 e. The number of aryl methyl sites for hydroxylation is 2. The van der Waals surface area contributed by atoms with E-state index in [4.69, 9.17) is 4.74 Å². The van der Waals surface area contributed by atoms with Crippen molar-refractivity contribution < 1.29 is 18.3 Å². The van der Waals surface area contributed by atoms with Crippen LogP contribution in [-0.2, 0) is 5.92 Å². The molecule has 5 nitrogen and oxygen atoms in total. The maximum absolute atomic E-state index is 14.6. The predicted molar refractivity (Wildman–Crippen MR) is 141 cm³/mol. The first-order valence-corrected chi connectivity index (χ1v) is 12.3. The lowest BCUT2D eigenvalue weighted by molar-refractivity contribution is -0.0285. The molecule has 5 rings (SSSR count). The molecule has 2 N–H and O–H groups in total. The molecule has 3 aromatic carbocycles. The van der Waals surface area contributed by atoms with Gasteiger partial charge in [0.1, 0.15) is 17.3 Å². The third-order valence-electron chi connectivity index (χ3n) is 7.00. The summed E-state index contributed by atoms with van der Waals surface area (Å²) in [6, 6.07) is 17.9. The van der Waals surface area contributed by atoms with Gasteiger partial charge < -0.3 is 15.0 Å². The number of nitrogens with one attached hydrogen (secondary N) is 2. The zero-order valence-corrected chi connectivity index (χ0v) is 21.3. The highest BCUT2D eigenvalue weighted by atomic mass is 19.3. The Balaban J connectivity index is 1.47. The molecule has 37 heavy (non-hydrogen) atoms. The predicted octanol–water partition coefficient (Wildman–Crippen LogP) is 7.43. The molecule has 0 spiro atoms. The summed E-state index contributed by atoms with van der Waals surface area (Å²) in [6.45, 7) is 5.84. The molecule has 0 radical (unpaired) electrons. The van der Waals surface area contributed by atoms with Gasteiger partial charge in [-0.3, -0.25) is 4.79 Å². The van der Waals surface area contributed by atoms with Gasteiger partial charge in [-0.1, -0.05) is 36.4 Å². The first kappa shape index (κ1) is 24.7. The number of carbonyl (C=O) groups excluding carboxylic acids is 1. The van der Waals surface area contributed by atoms with Crippen molar-refractivity contribution in [1.29, 1.82) is 0 Å². The highest BCUT2D eigenvalue weighted by Crippen LogP contribution is 2.50. The van der Waals surface area contributed by atoms with Gasteiger partial charge in [0.25, 0.3) is 11.8 Å². The molecule has 1 heterocycles. The quantitative estimate of drug-likeness (QED) is 0.277. The number of ether oxygens (including phenoxy) is 1. The lowest BCUT2D eigenvalue weighted by atomic mass is 9.93. The average Bonchev–Trinajstić information content (AvgIpc) is 3.67. The van der Waals surface area contributed by atoms with Crippen LogP contribution in [0.15, 0.2) is 60.7 Å². The molecule has 7 heteroatoms. The molecule has 0 saturated heterocycles. The Bertz CT molecular complexity index is 1490. The Kier molecular flexibility index (Phi) is 6.31. The fourth-order valence-corrected chi connectivity index (χ4v) is 4.69. The van der Waals surface area contributed by atoms with Crippen LogP contribution in [0.25, 0.3) is 22.5 Å². The summed E-state index contributed by atoms with van der Waals surface area (Å²) in [5.74, 6) is -2.78. The monoisotopic (exact) mass is 501 g/mol. The van der Waals surface area contributed by atoms with Crippen molar-refractivity contribution >= 4 is 11.6 Å². The Morgan fingerprint density at radius 1 is 1.00 bits per heavy atom. The summed E-state index contributed by atoms with van der Waals surface area (Å²) >= 11 is 0. The van der Waals surface area contributed by atoms with Crippen molar-refractivity contribution in [3.8, 4) is 28.3 Å². The number of methoxy groups -OCH3 is 1. The van der Waals surface area contributed by atoms with Crippen molar-refractivity contribution in [3.05, 3.63) is 88.7 Å². The number of halogens is 2. The van der Waals surface area contributed by atoms with Crippen molar-refractivity contribution in [2.45, 2.75) is 39.5 Å². The van der Waals surface area contributed by atoms with E-state index >= 15 is 0 Å². The number of carbonyl (C=O) groups is 1. The average molecular weight is 502 g/mol. The smallest absolute Gasteiger partial charge is 0.276 e. The van der Waals surface area contributed by atoms with Crippen molar-refractivity contribution in [2.75, 3.05) is 12.4 Å². The van der Waals surface area contributed by atoms with E-state index in [-0.39, 0.29) is 11.3 Å². The van der Waals surface area contributed by atoms with Gasteiger partial charge >= 0.3 is 0 Å². The summed E-state index contributed by atoms with van der Waals surface area (Å²) in [5, 5.41) is 2.74. The molecule has 0 bridgehead atoms. The Morgan fingerprint density at radius 3 is 2.43 bits per heavy atom. The Morgan fingerprint density at radius 2 is 1.73 bits per heavy atom.